The molecule has 6 heteroatoms. The zero-order valence-electron chi connectivity index (χ0n) is 11.9. The van der Waals surface area contributed by atoms with Gasteiger partial charge in [-0.15, -0.1) is 12.4 Å². The molecule has 4 nitrogen and oxygen atoms in total. The van der Waals surface area contributed by atoms with Gasteiger partial charge in [0.25, 0.3) is 0 Å². The molecular formula is C15H19ClFN3O. The van der Waals surface area contributed by atoms with Gasteiger partial charge < -0.3 is 9.73 Å². The Morgan fingerprint density at radius 1 is 1.48 bits per heavy atom. The minimum absolute atomic E-state index is 0. The zero-order chi connectivity index (χ0) is 13.9. The van der Waals surface area contributed by atoms with Gasteiger partial charge in [-0.05, 0) is 25.1 Å². The fourth-order valence-electron chi connectivity index (χ4n) is 2.46. The maximum atomic E-state index is 13.2. The van der Waals surface area contributed by atoms with Gasteiger partial charge in [-0.25, -0.2) is 9.37 Å². The average molecular weight is 312 g/mol. The summed E-state index contributed by atoms with van der Waals surface area (Å²) >= 11 is 0. The smallest absolute Gasteiger partial charge is 0.226 e. The van der Waals surface area contributed by atoms with Crippen molar-refractivity contribution in [1.82, 2.24) is 15.2 Å². The number of benzene rings is 1. The second kappa shape index (κ2) is 7.02. The summed E-state index contributed by atoms with van der Waals surface area (Å²) < 4.78 is 18.7. The molecule has 2 aromatic rings. The van der Waals surface area contributed by atoms with Crippen molar-refractivity contribution in [3.63, 3.8) is 0 Å². The molecule has 0 aliphatic carbocycles. The van der Waals surface area contributed by atoms with Gasteiger partial charge in [0.1, 0.15) is 12.1 Å². The van der Waals surface area contributed by atoms with E-state index in [4.69, 9.17) is 4.42 Å². The molecular weight excluding hydrogens is 293 g/mol. The third-order valence-electron chi connectivity index (χ3n) is 3.63. The van der Waals surface area contributed by atoms with Gasteiger partial charge in [-0.1, -0.05) is 6.07 Å². The van der Waals surface area contributed by atoms with Crippen molar-refractivity contribution in [3.05, 3.63) is 42.0 Å². The van der Waals surface area contributed by atoms with Crippen molar-refractivity contribution >= 4 is 12.4 Å². The fraction of sp³-hybridized carbons (Fsp3) is 0.400. The number of oxazole rings is 1. The lowest BCUT2D eigenvalue weighted by atomic mass is 10.2. The van der Waals surface area contributed by atoms with Crippen LogP contribution in [0.3, 0.4) is 0 Å². The molecule has 1 atom stereocenters. The lowest BCUT2D eigenvalue weighted by molar-refractivity contribution is 0.163. The molecule has 1 unspecified atom stereocenters. The average Bonchev–Trinajstić information content (AvgIpc) is 2.90. The molecule has 0 radical (unpaired) electrons. The van der Waals surface area contributed by atoms with Crippen molar-refractivity contribution in [2.45, 2.75) is 19.5 Å². The number of hydrogen-bond acceptors (Lipinski definition) is 4. The van der Waals surface area contributed by atoms with Gasteiger partial charge in [0.2, 0.25) is 5.89 Å². The van der Waals surface area contributed by atoms with Gasteiger partial charge >= 0.3 is 0 Å². The van der Waals surface area contributed by atoms with Crippen LogP contribution in [0.1, 0.15) is 12.6 Å². The van der Waals surface area contributed by atoms with Gasteiger partial charge in [0.05, 0.1) is 5.69 Å². The molecule has 1 aliphatic rings. The Morgan fingerprint density at radius 2 is 2.33 bits per heavy atom. The predicted molar refractivity (Wildman–Crippen MR) is 81.9 cm³/mol. The highest BCUT2D eigenvalue weighted by Crippen LogP contribution is 2.20. The van der Waals surface area contributed by atoms with Crippen LogP contribution in [-0.4, -0.2) is 35.6 Å². The summed E-state index contributed by atoms with van der Waals surface area (Å²) in [7, 11) is 0. The first kappa shape index (κ1) is 15.9. The maximum absolute atomic E-state index is 13.2. The zero-order valence-corrected chi connectivity index (χ0v) is 12.7. The van der Waals surface area contributed by atoms with Crippen molar-refractivity contribution in [1.29, 1.82) is 0 Å². The highest BCUT2D eigenvalue weighted by molar-refractivity contribution is 5.85. The van der Waals surface area contributed by atoms with Gasteiger partial charge in [-0.3, -0.25) is 4.90 Å². The highest BCUT2D eigenvalue weighted by Gasteiger charge is 2.19. The lowest BCUT2D eigenvalue weighted by Gasteiger charge is -2.33. The predicted octanol–water partition coefficient (Wildman–Crippen LogP) is 2.70. The molecule has 1 aromatic carbocycles. The summed E-state index contributed by atoms with van der Waals surface area (Å²) in [5.74, 6) is 0.195. The van der Waals surface area contributed by atoms with Crippen LogP contribution in [0.5, 0.6) is 0 Å². The van der Waals surface area contributed by atoms with E-state index in [9.17, 15) is 4.39 Å². The van der Waals surface area contributed by atoms with E-state index in [1.807, 2.05) is 0 Å². The standard InChI is InChI=1S/C15H18FN3O.ClH/c1-11-8-17-5-6-19(11)9-14-10-20-15(18-14)12-3-2-4-13(16)7-12;/h2-4,7,10-11,17H,5-6,8-9H2,1H3;1H. The Balaban J connectivity index is 0.00000161. The summed E-state index contributed by atoms with van der Waals surface area (Å²) in [6.07, 6.45) is 1.66. The van der Waals surface area contributed by atoms with E-state index >= 15 is 0 Å². The van der Waals surface area contributed by atoms with Crippen LogP contribution in [0, 0.1) is 5.82 Å². The van der Waals surface area contributed by atoms with E-state index in [2.05, 4.69) is 22.1 Å². The summed E-state index contributed by atoms with van der Waals surface area (Å²) in [6, 6.07) is 6.79. The van der Waals surface area contributed by atoms with Gasteiger partial charge in [0.15, 0.2) is 0 Å². The number of piperazine rings is 1. The minimum atomic E-state index is -0.280. The molecule has 21 heavy (non-hydrogen) atoms. The lowest BCUT2D eigenvalue weighted by Crippen LogP contribution is -2.49. The second-order valence-electron chi connectivity index (χ2n) is 5.18. The van der Waals surface area contributed by atoms with Crippen LogP contribution in [-0.2, 0) is 6.54 Å². The topological polar surface area (TPSA) is 41.3 Å². The largest absolute Gasteiger partial charge is 0.444 e. The van der Waals surface area contributed by atoms with Crippen LogP contribution >= 0.6 is 12.4 Å². The van der Waals surface area contributed by atoms with Crippen molar-refractivity contribution in [2.75, 3.05) is 19.6 Å². The Hall–Kier alpha value is -1.43. The summed E-state index contributed by atoms with van der Waals surface area (Å²) in [5.41, 5.74) is 1.56. The number of nitrogens with one attached hydrogen (secondary N) is 1. The first-order chi connectivity index (χ1) is 9.72. The van der Waals surface area contributed by atoms with Crippen LogP contribution in [0.2, 0.25) is 0 Å². The third-order valence-corrected chi connectivity index (χ3v) is 3.63. The van der Waals surface area contributed by atoms with E-state index in [0.29, 0.717) is 17.5 Å². The van der Waals surface area contributed by atoms with Crippen molar-refractivity contribution in [2.24, 2.45) is 0 Å². The summed E-state index contributed by atoms with van der Waals surface area (Å²) in [6.45, 7) is 5.96. The molecule has 1 aromatic heterocycles. The Labute approximate surface area is 129 Å². The number of hydrogen-bond donors (Lipinski definition) is 1. The quantitative estimate of drug-likeness (QED) is 0.946. The monoisotopic (exact) mass is 311 g/mol. The first-order valence-electron chi connectivity index (χ1n) is 6.87. The Morgan fingerprint density at radius 3 is 3.10 bits per heavy atom. The molecule has 0 bridgehead atoms. The first-order valence-corrected chi connectivity index (χ1v) is 6.87. The van der Waals surface area contributed by atoms with E-state index in [1.54, 1.807) is 18.4 Å². The maximum Gasteiger partial charge on any atom is 0.226 e. The molecule has 0 amide bonds. The van der Waals surface area contributed by atoms with E-state index in [0.717, 1.165) is 31.9 Å². The molecule has 0 spiro atoms. The SMILES string of the molecule is CC1CNCCN1Cc1coc(-c2cccc(F)c2)n1.Cl. The van der Waals surface area contributed by atoms with Crippen LogP contribution < -0.4 is 5.32 Å². The Kier molecular flexibility index (Phi) is 5.33. The molecule has 114 valence electrons. The molecule has 0 saturated carbocycles. The van der Waals surface area contributed by atoms with Crippen LogP contribution in [0.25, 0.3) is 11.5 Å². The van der Waals surface area contributed by atoms with Crippen LogP contribution in [0.15, 0.2) is 34.9 Å². The molecule has 2 heterocycles. The summed E-state index contributed by atoms with van der Waals surface area (Å²) in [5, 5.41) is 3.36. The normalized spacial score (nSPS) is 19.2. The molecule has 1 aliphatic heterocycles. The molecule has 1 saturated heterocycles. The van der Waals surface area contributed by atoms with E-state index in [-0.39, 0.29) is 18.2 Å². The second-order valence-corrected chi connectivity index (χ2v) is 5.18. The van der Waals surface area contributed by atoms with Crippen molar-refractivity contribution in [3.8, 4) is 11.5 Å². The number of rotatable bonds is 3. The Bertz CT molecular complexity index is 590. The van der Waals surface area contributed by atoms with E-state index in [1.165, 1.54) is 12.1 Å². The third kappa shape index (κ3) is 3.81. The number of halogens is 2. The number of nitrogens with zero attached hydrogens (tertiary/aromatic N) is 2. The molecule has 3 rings (SSSR count). The highest BCUT2D eigenvalue weighted by atomic mass is 35.5. The van der Waals surface area contributed by atoms with Crippen molar-refractivity contribution < 1.29 is 8.81 Å². The van der Waals surface area contributed by atoms with Gasteiger partial charge in [-0.2, -0.15) is 0 Å². The van der Waals surface area contributed by atoms with Gasteiger partial charge in [0, 0.05) is 37.8 Å². The number of aromatic nitrogens is 1. The van der Waals surface area contributed by atoms with Crippen LogP contribution in [0.4, 0.5) is 4.39 Å². The fourth-order valence-corrected chi connectivity index (χ4v) is 2.46. The van der Waals surface area contributed by atoms with E-state index < -0.39 is 0 Å². The summed E-state index contributed by atoms with van der Waals surface area (Å²) in [4.78, 5) is 6.82. The minimum Gasteiger partial charge on any atom is -0.444 e. The molecule has 1 fully saturated rings. The molecule has 1 N–H and O–H groups in total.